The van der Waals surface area contributed by atoms with Crippen LogP contribution in [-0.4, -0.2) is 26.2 Å². The summed E-state index contributed by atoms with van der Waals surface area (Å²) in [6, 6.07) is 3.70. The molecule has 0 saturated heterocycles. The Morgan fingerprint density at radius 1 is 1.39 bits per heavy atom. The Morgan fingerprint density at radius 3 is 2.61 bits per heavy atom. The first kappa shape index (κ1) is 19.6. The van der Waals surface area contributed by atoms with Crippen LogP contribution in [0.25, 0.3) is 0 Å². The monoisotopic (exact) mass is 372 g/mol. The van der Waals surface area contributed by atoms with Crippen LogP contribution in [0.2, 0.25) is 5.02 Å². The van der Waals surface area contributed by atoms with Crippen molar-refractivity contribution in [3.63, 3.8) is 0 Å². The third-order valence-corrected chi connectivity index (χ3v) is 4.04. The Hall–Kier alpha value is -1.48. The van der Waals surface area contributed by atoms with Gasteiger partial charge in [-0.3, -0.25) is 4.72 Å². The first-order valence-electron chi connectivity index (χ1n) is 6.64. The van der Waals surface area contributed by atoms with E-state index >= 15 is 0 Å². The smallest absolute Gasteiger partial charge is 0.396 e. The highest BCUT2D eigenvalue weighted by molar-refractivity contribution is 7.93. The van der Waals surface area contributed by atoms with Gasteiger partial charge in [-0.05, 0) is 31.5 Å². The molecule has 0 unspecified atom stereocenters. The van der Waals surface area contributed by atoms with Gasteiger partial charge in [-0.15, -0.1) is 0 Å². The van der Waals surface area contributed by atoms with Gasteiger partial charge in [0.15, 0.2) is 0 Å². The Balaban J connectivity index is 3.11. The molecular weight excluding hydrogens is 357 g/mol. The van der Waals surface area contributed by atoms with E-state index < -0.39 is 15.5 Å². The number of oxime groups is 1. The maximum Gasteiger partial charge on any atom is 0.516 e. The molecule has 0 aliphatic heterocycles. The van der Waals surface area contributed by atoms with Gasteiger partial charge >= 0.3 is 15.5 Å². The van der Waals surface area contributed by atoms with Gasteiger partial charge in [0.25, 0.3) is 0 Å². The van der Waals surface area contributed by atoms with Gasteiger partial charge in [-0.25, -0.2) is 0 Å². The fraction of sp³-hybridized carbons (Fsp3) is 0.462. The molecule has 0 aliphatic rings. The van der Waals surface area contributed by atoms with E-state index in [1.54, 1.807) is 0 Å². The number of halogens is 4. The normalized spacial score (nSPS) is 13.0. The van der Waals surface area contributed by atoms with Crippen molar-refractivity contribution < 1.29 is 26.4 Å². The highest BCUT2D eigenvalue weighted by Gasteiger charge is 2.46. The van der Waals surface area contributed by atoms with Gasteiger partial charge in [0.2, 0.25) is 0 Å². The summed E-state index contributed by atoms with van der Waals surface area (Å²) in [5, 5.41) is 3.99. The Kier molecular flexibility index (Phi) is 6.69. The van der Waals surface area contributed by atoms with Crippen LogP contribution in [0.1, 0.15) is 32.3 Å². The maximum atomic E-state index is 12.5. The molecule has 0 aliphatic carbocycles. The van der Waals surface area contributed by atoms with Crippen LogP contribution in [0.5, 0.6) is 0 Å². The van der Waals surface area contributed by atoms with Crippen molar-refractivity contribution in [1.29, 1.82) is 0 Å². The third-order valence-electron chi connectivity index (χ3n) is 2.71. The summed E-state index contributed by atoms with van der Waals surface area (Å²) >= 11 is 5.81. The first-order valence-corrected chi connectivity index (χ1v) is 8.50. The summed E-state index contributed by atoms with van der Waals surface area (Å²) in [6.07, 6.45) is 1.66. The number of nitrogens with one attached hydrogen (secondary N) is 1. The lowest BCUT2D eigenvalue weighted by molar-refractivity contribution is -0.0429. The number of alkyl halides is 3. The summed E-state index contributed by atoms with van der Waals surface area (Å²) in [4.78, 5) is 5.03. The quantitative estimate of drug-likeness (QED) is 0.444. The molecule has 5 nitrogen and oxygen atoms in total. The largest absolute Gasteiger partial charge is 0.516 e. The number of anilines is 1. The highest BCUT2D eigenvalue weighted by Crippen LogP contribution is 2.28. The van der Waals surface area contributed by atoms with Crippen molar-refractivity contribution in [2.24, 2.45) is 5.16 Å². The van der Waals surface area contributed by atoms with E-state index in [9.17, 15) is 21.6 Å². The van der Waals surface area contributed by atoms with Crippen LogP contribution in [0.15, 0.2) is 23.4 Å². The number of hydrogen-bond acceptors (Lipinski definition) is 4. The lowest BCUT2D eigenvalue weighted by Gasteiger charge is -2.14. The van der Waals surface area contributed by atoms with E-state index in [-0.39, 0.29) is 22.0 Å². The van der Waals surface area contributed by atoms with Crippen LogP contribution in [0.3, 0.4) is 0 Å². The summed E-state index contributed by atoms with van der Waals surface area (Å²) in [5.41, 5.74) is -5.41. The van der Waals surface area contributed by atoms with Crippen LogP contribution < -0.4 is 4.72 Å². The van der Waals surface area contributed by atoms with Crippen molar-refractivity contribution in [1.82, 2.24) is 0 Å². The number of benzene rings is 1. The molecule has 23 heavy (non-hydrogen) atoms. The molecule has 0 atom stereocenters. The minimum Gasteiger partial charge on any atom is -0.396 e. The zero-order chi connectivity index (χ0) is 17.7. The SMILES string of the molecule is CCCCO/N=C(\C)c1cc(Cl)ccc1NS(=O)(=O)C(F)(F)F. The van der Waals surface area contributed by atoms with E-state index in [1.165, 1.54) is 23.8 Å². The van der Waals surface area contributed by atoms with E-state index in [2.05, 4.69) is 5.16 Å². The van der Waals surface area contributed by atoms with Crippen LogP contribution >= 0.6 is 11.6 Å². The van der Waals surface area contributed by atoms with Gasteiger partial charge in [0.1, 0.15) is 6.61 Å². The van der Waals surface area contributed by atoms with Gasteiger partial charge in [-0.1, -0.05) is 30.1 Å². The summed E-state index contributed by atoms with van der Waals surface area (Å²) in [7, 11) is -5.54. The fourth-order valence-corrected chi connectivity index (χ4v) is 2.26. The van der Waals surface area contributed by atoms with Crippen molar-refractivity contribution in [2.75, 3.05) is 11.3 Å². The molecule has 0 heterocycles. The molecule has 0 amide bonds. The molecule has 1 aromatic rings. The zero-order valence-corrected chi connectivity index (χ0v) is 14.0. The number of nitrogens with zero attached hydrogens (tertiary/aromatic N) is 1. The van der Waals surface area contributed by atoms with Gasteiger partial charge in [0.05, 0.1) is 11.4 Å². The van der Waals surface area contributed by atoms with Crippen LogP contribution in [0, 0.1) is 0 Å². The molecule has 0 aromatic heterocycles. The molecule has 1 rings (SSSR count). The maximum absolute atomic E-state index is 12.5. The van der Waals surface area contributed by atoms with Crippen molar-refractivity contribution in [2.45, 2.75) is 32.2 Å². The molecule has 0 spiro atoms. The Labute approximate surface area is 137 Å². The second-order valence-corrected chi connectivity index (χ2v) is 6.71. The topological polar surface area (TPSA) is 67.8 Å². The van der Waals surface area contributed by atoms with Gasteiger partial charge < -0.3 is 4.84 Å². The predicted molar refractivity (Wildman–Crippen MR) is 83.1 cm³/mol. The molecular formula is C13H16ClF3N2O3S. The van der Waals surface area contributed by atoms with Crippen molar-refractivity contribution in [3.8, 4) is 0 Å². The molecule has 130 valence electrons. The molecule has 0 radical (unpaired) electrons. The van der Waals surface area contributed by atoms with Crippen molar-refractivity contribution >= 4 is 33.0 Å². The second kappa shape index (κ2) is 7.87. The molecule has 1 aromatic carbocycles. The molecule has 0 bridgehead atoms. The predicted octanol–water partition coefficient (Wildman–Crippen LogP) is 4.14. The Morgan fingerprint density at radius 2 is 2.04 bits per heavy atom. The molecule has 1 N–H and O–H groups in total. The molecule has 0 saturated carbocycles. The summed E-state index contributed by atoms with van der Waals surface area (Å²) in [6.45, 7) is 3.78. The lowest BCUT2D eigenvalue weighted by Crippen LogP contribution is -2.30. The van der Waals surface area contributed by atoms with Gasteiger partial charge in [-0.2, -0.15) is 21.6 Å². The first-order chi connectivity index (χ1) is 10.6. The average Bonchev–Trinajstić information content (AvgIpc) is 2.44. The van der Waals surface area contributed by atoms with E-state index in [4.69, 9.17) is 16.4 Å². The van der Waals surface area contributed by atoms with Crippen LogP contribution in [0.4, 0.5) is 18.9 Å². The van der Waals surface area contributed by atoms with E-state index in [0.717, 1.165) is 18.9 Å². The Bertz CT molecular complexity index is 676. The molecule has 10 heteroatoms. The zero-order valence-electron chi connectivity index (χ0n) is 12.4. The summed E-state index contributed by atoms with van der Waals surface area (Å²) in [5.74, 6) is 0. The van der Waals surface area contributed by atoms with Gasteiger partial charge in [0, 0.05) is 10.6 Å². The minimum atomic E-state index is -5.54. The third kappa shape index (κ3) is 5.58. The number of sulfonamides is 1. The standard InChI is InChI=1S/C13H16ClF3N2O3S/c1-3-4-7-22-18-9(2)11-8-10(14)5-6-12(11)19-23(20,21)13(15,16)17/h5-6,8,19H,3-4,7H2,1-2H3/b18-9+. The second-order valence-electron chi connectivity index (χ2n) is 4.60. The summed E-state index contributed by atoms with van der Waals surface area (Å²) < 4.78 is 61.4. The minimum absolute atomic E-state index is 0.0989. The number of unbranched alkanes of at least 4 members (excludes halogenated alkanes) is 1. The lowest BCUT2D eigenvalue weighted by atomic mass is 10.1. The fourth-order valence-electron chi connectivity index (χ4n) is 1.51. The number of rotatable bonds is 7. The molecule has 0 fully saturated rings. The average molecular weight is 373 g/mol. The van der Waals surface area contributed by atoms with Crippen LogP contribution in [-0.2, 0) is 14.9 Å². The number of hydrogen-bond donors (Lipinski definition) is 1. The van der Waals surface area contributed by atoms with E-state index in [0.29, 0.717) is 6.61 Å². The van der Waals surface area contributed by atoms with E-state index in [1.807, 2.05) is 6.92 Å². The highest BCUT2D eigenvalue weighted by atomic mass is 35.5. The van der Waals surface area contributed by atoms with Crippen molar-refractivity contribution in [3.05, 3.63) is 28.8 Å².